The molecule has 1 unspecified atom stereocenters. The summed E-state index contributed by atoms with van der Waals surface area (Å²) in [6.07, 6.45) is 1.25. The van der Waals surface area contributed by atoms with Gasteiger partial charge < -0.3 is 4.74 Å². The molecule has 0 radical (unpaired) electrons. The highest BCUT2D eigenvalue weighted by Crippen LogP contribution is 2.33. The molecule has 110 valence electrons. The number of halogens is 1. The van der Waals surface area contributed by atoms with Gasteiger partial charge in [-0.3, -0.25) is 10.1 Å². The number of fused-ring (bicyclic) bond motifs is 1. The van der Waals surface area contributed by atoms with Gasteiger partial charge in [0.1, 0.15) is 5.54 Å². The Hall–Kier alpha value is -1.36. The Morgan fingerprint density at radius 2 is 2.19 bits per heavy atom. The predicted octanol–water partition coefficient (Wildman–Crippen LogP) is 3.20. The van der Waals surface area contributed by atoms with Gasteiger partial charge in [0.2, 0.25) is 0 Å². The van der Waals surface area contributed by atoms with Crippen molar-refractivity contribution in [2.75, 3.05) is 7.11 Å². The van der Waals surface area contributed by atoms with Gasteiger partial charge in [0, 0.05) is 29.3 Å². The number of methoxy groups -OCH3 is 1. The summed E-state index contributed by atoms with van der Waals surface area (Å²) in [4.78, 5) is 13.5. The zero-order valence-corrected chi connectivity index (χ0v) is 13.3. The van der Waals surface area contributed by atoms with E-state index in [9.17, 15) is 4.79 Å². The summed E-state index contributed by atoms with van der Waals surface area (Å²) in [5.41, 5.74) is 1.58. The molecule has 1 heterocycles. The lowest BCUT2D eigenvalue weighted by Crippen LogP contribution is -2.53. The van der Waals surface area contributed by atoms with Crippen LogP contribution in [0.1, 0.15) is 16.0 Å². The van der Waals surface area contributed by atoms with Crippen molar-refractivity contribution in [2.45, 2.75) is 24.9 Å². The number of thiophene rings is 1. The van der Waals surface area contributed by atoms with Gasteiger partial charge in [-0.2, -0.15) is 0 Å². The number of benzene rings is 1. The van der Waals surface area contributed by atoms with Crippen molar-refractivity contribution in [3.63, 3.8) is 0 Å². The van der Waals surface area contributed by atoms with Gasteiger partial charge in [-0.1, -0.05) is 23.7 Å². The van der Waals surface area contributed by atoms with Crippen molar-refractivity contribution in [1.82, 2.24) is 5.32 Å². The van der Waals surface area contributed by atoms with E-state index in [-0.39, 0.29) is 5.97 Å². The molecule has 3 rings (SSSR count). The van der Waals surface area contributed by atoms with E-state index >= 15 is 0 Å². The van der Waals surface area contributed by atoms with Gasteiger partial charge in [0.15, 0.2) is 0 Å². The number of carbonyl (C=O) groups excluding carboxylic acids is 1. The highest BCUT2D eigenvalue weighted by atomic mass is 35.5. The summed E-state index contributed by atoms with van der Waals surface area (Å²) >= 11 is 7.73. The molecule has 0 spiro atoms. The van der Waals surface area contributed by atoms with Crippen LogP contribution in [-0.2, 0) is 28.9 Å². The number of rotatable bonds is 4. The number of carbonyl (C=O) groups is 1. The van der Waals surface area contributed by atoms with Gasteiger partial charge in [-0.15, -0.1) is 11.3 Å². The summed E-state index contributed by atoms with van der Waals surface area (Å²) in [5, 5.41) is 6.14. The standard InChI is InChI=1S/C16H16ClNO2S/c1-20-15(19)16(18-10-14-3-2-6-21-14)8-11-4-5-13(17)7-12(11)9-16/h2-7,18H,8-10H2,1H3. The average Bonchev–Trinajstić information content (AvgIpc) is 3.11. The summed E-state index contributed by atoms with van der Waals surface area (Å²) in [6, 6.07) is 9.87. The van der Waals surface area contributed by atoms with Crippen molar-refractivity contribution in [1.29, 1.82) is 0 Å². The van der Waals surface area contributed by atoms with Gasteiger partial charge in [0.05, 0.1) is 7.11 Å². The molecule has 0 saturated carbocycles. The van der Waals surface area contributed by atoms with Gasteiger partial charge in [0.25, 0.3) is 0 Å². The largest absolute Gasteiger partial charge is 0.468 e. The third-order valence-electron chi connectivity index (χ3n) is 3.91. The normalized spacial score (nSPS) is 20.3. The third kappa shape index (κ3) is 2.84. The topological polar surface area (TPSA) is 38.3 Å². The molecule has 1 N–H and O–H groups in total. The molecule has 5 heteroatoms. The molecule has 0 fully saturated rings. The molecule has 3 nitrogen and oxygen atoms in total. The number of esters is 1. The zero-order valence-electron chi connectivity index (χ0n) is 11.7. The lowest BCUT2D eigenvalue weighted by atomic mass is 9.95. The van der Waals surface area contributed by atoms with E-state index in [0.717, 1.165) is 11.1 Å². The molecule has 2 aromatic rings. The van der Waals surface area contributed by atoms with Crippen LogP contribution >= 0.6 is 22.9 Å². The maximum atomic E-state index is 12.3. The molecule has 1 aliphatic carbocycles. The number of ether oxygens (including phenoxy) is 1. The van der Waals surface area contributed by atoms with Crippen molar-refractivity contribution >= 4 is 28.9 Å². The molecular weight excluding hydrogens is 306 g/mol. The maximum Gasteiger partial charge on any atom is 0.326 e. The average molecular weight is 322 g/mol. The summed E-state index contributed by atoms with van der Waals surface area (Å²) < 4.78 is 5.04. The fourth-order valence-corrected chi connectivity index (χ4v) is 3.69. The Labute approximate surface area is 132 Å². The van der Waals surface area contributed by atoms with Gasteiger partial charge in [-0.25, -0.2) is 0 Å². The van der Waals surface area contributed by atoms with Crippen LogP contribution < -0.4 is 5.32 Å². The van der Waals surface area contributed by atoms with E-state index in [0.29, 0.717) is 24.4 Å². The second kappa shape index (κ2) is 5.79. The van der Waals surface area contributed by atoms with E-state index in [1.807, 2.05) is 29.6 Å². The van der Waals surface area contributed by atoms with Gasteiger partial charge in [-0.05, 0) is 34.7 Å². The molecule has 0 bridgehead atoms. The van der Waals surface area contributed by atoms with Crippen LogP contribution in [-0.4, -0.2) is 18.6 Å². The first-order chi connectivity index (χ1) is 10.1. The number of hydrogen-bond acceptors (Lipinski definition) is 4. The van der Waals surface area contributed by atoms with E-state index in [1.165, 1.54) is 12.0 Å². The highest BCUT2D eigenvalue weighted by molar-refractivity contribution is 7.09. The number of hydrogen-bond donors (Lipinski definition) is 1. The predicted molar refractivity (Wildman–Crippen MR) is 84.8 cm³/mol. The van der Waals surface area contributed by atoms with Crippen molar-refractivity contribution in [3.8, 4) is 0 Å². The summed E-state index contributed by atoms with van der Waals surface area (Å²) in [7, 11) is 1.44. The van der Waals surface area contributed by atoms with E-state index in [4.69, 9.17) is 16.3 Å². The minimum atomic E-state index is -0.689. The molecule has 21 heavy (non-hydrogen) atoms. The molecule has 1 aromatic carbocycles. The summed E-state index contributed by atoms with van der Waals surface area (Å²) in [6.45, 7) is 0.661. The van der Waals surface area contributed by atoms with Crippen LogP contribution in [0.4, 0.5) is 0 Å². The zero-order chi connectivity index (χ0) is 14.9. The Kier molecular flexibility index (Phi) is 4.02. The first-order valence-corrected chi connectivity index (χ1v) is 8.02. The fourth-order valence-electron chi connectivity index (χ4n) is 2.85. The monoisotopic (exact) mass is 321 g/mol. The van der Waals surface area contributed by atoms with E-state index in [2.05, 4.69) is 11.4 Å². The Bertz CT molecular complexity index is 656. The van der Waals surface area contributed by atoms with Crippen LogP contribution in [0.2, 0.25) is 5.02 Å². The van der Waals surface area contributed by atoms with Crippen molar-refractivity contribution in [3.05, 3.63) is 56.7 Å². The van der Waals surface area contributed by atoms with Crippen molar-refractivity contribution < 1.29 is 9.53 Å². The lowest BCUT2D eigenvalue weighted by Gasteiger charge is -2.27. The molecule has 1 aromatic heterocycles. The Morgan fingerprint density at radius 1 is 1.38 bits per heavy atom. The minimum Gasteiger partial charge on any atom is -0.468 e. The number of nitrogens with one attached hydrogen (secondary N) is 1. The van der Waals surface area contributed by atoms with Crippen LogP contribution in [0, 0.1) is 0 Å². The molecular formula is C16H16ClNO2S. The van der Waals surface area contributed by atoms with Crippen LogP contribution in [0.3, 0.4) is 0 Å². The lowest BCUT2D eigenvalue weighted by molar-refractivity contribution is -0.148. The molecule has 1 aliphatic rings. The SMILES string of the molecule is COC(=O)C1(NCc2cccs2)Cc2ccc(Cl)cc2C1. The first kappa shape index (κ1) is 14.6. The molecule has 0 aliphatic heterocycles. The van der Waals surface area contributed by atoms with Crippen LogP contribution in [0.5, 0.6) is 0 Å². The highest BCUT2D eigenvalue weighted by Gasteiger charge is 2.44. The molecule has 1 atom stereocenters. The minimum absolute atomic E-state index is 0.216. The summed E-state index contributed by atoms with van der Waals surface area (Å²) in [5.74, 6) is -0.216. The third-order valence-corrected chi connectivity index (χ3v) is 5.02. The fraction of sp³-hybridized carbons (Fsp3) is 0.312. The first-order valence-electron chi connectivity index (χ1n) is 6.76. The van der Waals surface area contributed by atoms with E-state index < -0.39 is 5.54 Å². The smallest absolute Gasteiger partial charge is 0.326 e. The van der Waals surface area contributed by atoms with Crippen molar-refractivity contribution in [2.24, 2.45) is 0 Å². The Morgan fingerprint density at radius 3 is 2.90 bits per heavy atom. The maximum absolute atomic E-state index is 12.3. The van der Waals surface area contributed by atoms with Crippen LogP contribution in [0.25, 0.3) is 0 Å². The second-order valence-electron chi connectivity index (χ2n) is 5.27. The van der Waals surface area contributed by atoms with Gasteiger partial charge >= 0.3 is 5.97 Å². The Balaban J connectivity index is 1.84. The molecule has 0 saturated heterocycles. The quantitative estimate of drug-likeness (QED) is 0.879. The second-order valence-corrected chi connectivity index (χ2v) is 6.74. The van der Waals surface area contributed by atoms with E-state index in [1.54, 1.807) is 11.3 Å². The molecule has 0 amide bonds. The van der Waals surface area contributed by atoms with Crippen LogP contribution in [0.15, 0.2) is 35.7 Å².